The van der Waals surface area contributed by atoms with Crippen LogP contribution in [-0.4, -0.2) is 60.8 Å². The van der Waals surface area contributed by atoms with Crippen molar-refractivity contribution in [2.45, 2.75) is 32.6 Å². The van der Waals surface area contributed by atoms with Gasteiger partial charge in [0.15, 0.2) is 17.3 Å². The summed E-state index contributed by atoms with van der Waals surface area (Å²) in [7, 11) is 0. The van der Waals surface area contributed by atoms with Crippen molar-refractivity contribution in [2.24, 2.45) is 0 Å². The fraction of sp³-hybridized carbons (Fsp3) is 0.381. The largest absolute Gasteiger partial charge is 0.435 e. The number of hydrogen-bond acceptors (Lipinski definition) is 6. The Balaban J connectivity index is 1.45. The van der Waals surface area contributed by atoms with Crippen molar-refractivity contribution in [3.63, 3.8) is 0 Å². The molecule has 35 heavy (non-hydrogen) atoms. The molecule has 4 rings (SSSR count). The first-order chi connectivity index (χ1) is 16.5. The van der Waals surface area contributed by atoms with E-state index in [-0.39, 0.29) is 29.7 Å². The molecule has 0 radical (unpaired) electrons. The zero-order valence-corrected chi connectivity index (χ0v) is 18.7. The molecule has 3 aromatic rings. The summed E-state index contributed by atoms with van der Waals surface area (Å²) in [5.41, 5.74) is -0.437. The zero-order valence-electron chi connectivity index (χ0n) is 18.7. The van der Waals surface area contributed by atoms with Crippen LogP contribution in [0.4, 0.5) is 23.2 Å². The second kappa shape index (κ2) is 9.44. The standard InChI is InChI=1S/C21H21F4N7O3/c1-12-5-18(21(23,24)25)29-32(12)9-19(34)28-14-6-15(22)20(26-7-14)30-8-16(27-11-30)17-10-35-4-3-31(17)13(2)33/h5-8,11,17H,3-4,9-10H2,1-2H3,(H,28,34)/t17-/m0/s1. The number of carbonyl (C=O) groups excluding carboxylic acids is 2. The van der Waals surface area contributed by atoms with Gasteiger partial charge < -0.3 is 15.0 Å². The van der Waals surface area contributed by atoms with Crippen LogP contribution in [0, 0.1) is 12.7 Å². The Morgan fingerprint density at radius 2 is 2.03 bits per heavy atom. The highest BCUT2D eigenvalue weighted by Gasteiger charge is 2.34. The molecule has 2 amide bonds. The minimum Gasteiger partial charge on any atom is -0.377 e. The summed E-state index contributed by atoms with van der Waals surface area (Å²) in [6.07, 6.45) is -0.530. The van der Waals surface area contributed by atoms with Crippen molar-refractivity contribution >= 4 is 17.5 Å². The van der Waals surface area contributed by atoms with Crippen molar-refractivity contribution in [2.75, 3.05) is 25.1 Å². The van der Waals surface area contributed by atoms with Crippen LogP contribution in [0.5, 0.6) is 0 Å². The lowest BCUT2D eigenvalue weighted by atomic mass is 10.1. The topological polar surface area (TPSA) is 107 Å². The number of carbonyl (C=O) groups is 2. The summed E-state index contributed by atoms with van der Waals surface area (Å²) in [5, 5.41) is 5.78. The van der Waals surface area contributed by atoms with Gasteiger partial charge in [0.2, 0.25) is 11.8 Å². The number of imidazole rings is 1. The van der Waals surface area contributed by atoms with E-state index in [4.69, 9.17) is 4.74 Å². The van der Waals surface area contributed by atoms with Crippen LogP contribution >= 0.6 is 0 Å². The maximum atomic E-state index is 14.8. The molecule has 3 aromatic heterocycles. The lowest BCUT2D eigenvalue weighted by Crippen LogP contribution is -2.42. The van der Waals surface area contributed by atoms with Gasteiger partial charge in [0.1, 0.15) is 12.9 Å². The number of amides is 2. The van der Waals surface area contributed by atoms with E-state index in [9.17, 15) is 27.2 Å². The molecule has 0 saturated carbocycles. The van der Waals surface area contributed by atoms with Crippen LogP contribution in [0.1, 0.15) is 30.0 Å². The molecule has 1 fully saturated rings. The summed E-state index contributed by atoms with van der Waals surface area (Å²) in [6.45, 7) is 3.45. The Bertz CT molecular complexity index is 1250. The minimum absolute atomic E-state index is 0.0147. The highest BCUT2D eigenvalue weighted by atomic mass is 19.4. The quantitative estimate of drug-likeness (QED) is 0.545. The number of anilines is 1. The van der Waals surface area contributed by atoms with Gasteiger partial charge in [-0.25, -0.2) is 14.4 Å². The van der Waals surface area contributed by atoms with Crippen molar-refractivity contribution in [1.29, 1.82) is 0 Å². The SMILES string of the molecule is CC(=O)N1CCOC[C@H]1c1cn(-c2ncc(NC(=O)Cn3nc(C(F)(F)F)cc3C)cc2F)cn1. The monoisotopic (exact) mass is 495 g/mol. The van der Waals surface area contributed by atoms with Gasteiger partial charge in [-0.3, -0.25) is 18.8 Å². The summed E-state index contributed by atoms with van der Waals surface area (Å²) in [5.74, 6) is -1.70. The summed E-state index contributed by atoms with van der Waals surface area (Å²) >= 11 is 0. The van der Waals surface area contributed by atoms with Crippen molar-refractivity contribution in [3.8, 4) is 5.82 Å². The molecule has 0 spiro atoms. The molecule has 14 heteroatoms. The number of alkyl halides is 3. The van der Waals surface area contributed by atoms with Crippen LogP contribution in [0.2, 0.25) is 0 Å². The highest BCUT2D eigenvalue weighted by Crippen LogP contribution is 2.28. The number of aryl methyl sites for hydroxylation is 1. The van der Waals surface area contributed by atoms with E-state index in [0.29, 0.717) is 18.8 Å². The maximum Gasteiger partial charge on any atom is 0.435 e. The average Bonchev–Trinajstić information content (AvgIpc) is 3.41. The lowest BCUT2D eigenvalue weighted by Gasteiger charge is -2.33. The van der Waals surface area contributed by atoms with Crippen molar-refractivity contribution in [3.05, 3.63) is 53.8 Å². The number of morpholine rings is 1. The fourth-order valence-electron chi connectivity index (χ4n) is 3.69. The molecule has 4 heterocycles. The molecule has 186 valence electrons. The van der Waals surface area contributed by atoms with Crippen molar-refractivity contribution < 1.29 is 31.9 Å². The zero-order chi connectivity index (χ0) is 25.3. The van der Waals surface area contributed by atoms with E-state index in [1.54, 1.807) is 4.90 Å². The van der Waals surface area contributed by atoms with E-state index in [2.05, 4.69) is 20.4 Å². The Morgan fingerprint density at radius 1 is 1.26 bits per heavy atom. The molecule has 1 aliphatic rings. The van der Waals surface area contributed by atoms with Crippen LogP contribution in [0.25, 0.3) is 5.82 Å². The smallest absolute Gasteiger partial charge is 0.377 e. The second-order valence-electron chi connectivity index (χ2n) is 7.91. The third-order valence-electron chi connectivity index (χ3n) is 5.39. The van der Waals surface area contributed by atoms with Gasteiger partial charge in [-0.15, -0.1) is 0 Å². The Labute approximate surface area is 196 Å². The van der Waals surface area contributed by atoms with E-state index >= 15 is 0 Å². The molecule has 1 saturated heterocycles. The van der Waals surface area contributed by atoms with Gasteiger partial charge in [-0.1, -0.05) is 0 Å². The number of hydrogen-bond donors (Lipinski definition) is 1. The number of halogens is 4. The van der Waals surface area contributed by atoms with Gasteiger partial charge in [-0.2, -0.15) is 18.3 Å². The van der Waals surface area contributed by atoms with E-state index in [1.807, 2.05) is 0 Å². The van der Waals surface area contributed by atoms with Crippen LogP contribution in [0.15, 0.2) is 30.9 Å². The molecule has 0 unspecified atom stereocenters. The van der Waals surface area contributed by atoms with E-state index < -0.39 is 36.2 Å². The van der Waals surface area contributed by atoms with Crippen LogP contribution in [0.3, 0.4) is 0 Å². The Hall–Kier alpha value is -3.81. The first-order valence-corrected chi connectivity index (χ1v) is 10.5. The number of nitrogens with one attached hydrogen (secondary N) is 1. The van der Waals surface area contributed by atoms with Gasteiger partial charge in [-0.05, 0) is 13.0 Å². The van der Waals surface area contributed by atoms with Crippen molar-refractivity contribution in [1.82, 2.24) is 29.2 Å². The first kappa shape index (κ1) is 24.3. The normalized spacial score (nSPS) is 16.4. The number of nitrogens with zero attached hydrogens (tertiary/aromatic N) is 6. The van der Waals surface area contributed by atoms with Gasteiger partial charge in [0, 0.05) is 31.4 Å². The van der Waals surface area contributed by atoms with Gasteiger partial charge >= 0.3 is 6.18 Å². The number of rotatable bonds is 5. The number of ether oxygens (including phenoxy) is 1. The van der Waals surface area contributed by atoms with Crippen LogP contribution in [-0.2, 0) is 27.0 Å². The molecule has 1 N–H and O–H groups in total. The lowest BCUT2D eigenvalue weighted by molar-refractivity contribution is -0.141. The summed E-state index contributed by atoms with van der Waals surface area (Å²) in [6, 6.07) is 1.45. The first-order valence-electron chi connectivity index (χ1n) is 10.5. The van der Waals surface area contributed by atoms with Gasteiger partial charge in [0.05, 0.1) is 36.8 Å². The highest BCUT2D eigenvalue weighted by molar-refractivity contribution is 5.90. The Morgan fingerprint density at radius 3 is 2.69 bits per heavy atom. The molecule has 1 aliphatic heterocycles. The summed E-state index contributed by atoms with van der Waals surface area (Å²) < 4.78 is 60.8. The third kappa shape index (κ3) is 5.31. The molecule has 0 aromatic carbocycles. The minimum atomic E-state index is -4.63. The summed E-state index contributed by atoms with van der Waals surface area (Å²) in [4.78, 5) is 34.1. The molecule has 10 nitrogen and oxygen atoms in total. The van der Waals surface area contributed by atoms with Crippen LogP contribution < -0.4 is 5.32 Å². The Kier molecular flexibility index (Phi) is 6.56. The fourth-order valence-corrected chi connectivity index (χ4v) is 3.69. The molecule has 0 aliphatic carbocycles. The maximum absolute atomic E-state index is 14.8. The number of aromatic nitrogens is 5. The second-order valence-corrected chi connectivity index (χ2v) is 7.91. The third-order valence-corrected chi connectivity index (χ3v) is 5.39. The average molecular weight is 495 g/mol. The molecule has 1 atom stereocenters. The molecular weight excluding hydrogens is 474 g/mol. The predicted molar refractivity (Wildman–Crippen MR) is 113 cm³/mol. The predicted octanol–water partition coefficient (Wildman–Crippen LogP) is 2.49. The molecule has 0 bridgehead atoms. The number of pyridine rings is 1. The van der Waals surface area contributed by atoms with Gasteiger partial charge in [0.25, 0.3) is 0 Å². The molecular formula is C21H21F4N7O3. The van der Waals surface area contributed by atoms with E-state index in [0.717, 1.165) is 16.8 Å². The van der Waals surface area contributed by atoms with E-state index in [1.165, 1.54) is 37.1 Å².